The van der Waals surface area contributed by atoms with Gasteiger partial charge >= 0.3 is 0 Å². The molecule has 0 radical (unpaired) electrons. The van der Waals surface area contributed by atoms with Crippen LogP contribution in [-0.4, -0.2) is 21.3 Å². The maximum absolute atomic E-state index is 9.25. The Kier molecular flexibility index (Phi) is 4.08. The summed E-state index contributed by atoms with van der Waals surface area (Å²) in [6.45, 7) is 0.869. The molecule has 0 spiro atoms. The first kappa shape index (κ1) is 13.9. The monoisotopic (exact) mass is 302 g/mol. The highest BCUT2D eigenvalue weighted by molar-refractivity contribution is 6.31. The predicted octanol–water partition coefficient (Wildman–Crippen LogP) is 3.26. The summed E-state index contributed by atoms with van der Waals surface area (Å²) < 4.78 is 7.69. The molecule has 0 aliphatic rings. The summed E-state index contributed by atoms with van der Waals surface area (Å²) in [5.41, 5.74) is 1.75. The first-order chi connectivity index (χ1) is 10.3. The lowest BCUT2D eigenvalue weighted by molar-refractivity contribution is 0.260. The van der Waals surface area contributed by atoms with Crippen LogP contribution in [0.3, 0.4) is 0 Å². The zero-order valence-corrected chi connectivity index (χ0v) is 12.1. The fourth-order valence-electron chi connectivity index (χ4n) is 2.28. The number of nitrogens with zero attached hydrogens (tertiary/aromatic N) is 2. The van der Waals surface area contributed by atoms with E-state index in [1.165, 1.54) is 0 Å². The SMILES string of the molecule is OCCn1c(COc2ccccc2)nc2cc(Cl)ccc21. The molecule has 0 amide bonds. The number of imidazole rings is 1. The van der Waals surface area contributed by atoms with Gasteiger partial charge in [0.1, 0.15) is 18.2 Å². The molecule has 1 aromatic heterocycles. The molecular weight excluding hydrogens is 288 g/mol. The van der Waals surface area contributed by atoms with Crippen LogP contribution in [0, 0.1) is 0 Å². The molecule has 21 heavy (non-hydrogen) atoms. The largest absolute Gasteiger partial charge is 0.486 e. The number of ether oxygens (including phenoxy) is 1. The molecule has 0 bridgehead atoms. The van der Waals surface area contributed by atoms with Gasteiger partial charge in [-0.15, -0.1) is 0 Å². The number of halogens is 1. The van der Waals surface area contributed by atoms with E-state index in [4.69, 9.17) is 16.3 Å². The zero-order chi connectivity index (χ0) is 14.7. The van der Waals surface area contributed by atoms with E-state index in [1.54, 1.807) is 0 Å². The molecule has 4 nitrogen and oxygen atoms in total. The number of para-hydroxylation sites is 1. The van der Waals surface area contributed by atoms with Crippen LogP contribution in [0.2, 0.25) is 5.02 Å². The van der Waals surface area contributed by atoms with Gasteiger partial charge in [-0.2, -0.15) is 0 Å². The Morgan fingerprint density at radius 3 is 2.71 bits per heavy atom. The standard InChI is InChI=1S/C16H15ClN2O2/c17-12-6-7-15-14(10-12)18-16(19(15)8-9-20)11-21-13-4-2-1-3-5-13/h1-7,10,20H,8-9,11H2. The number of hydrogen-bond acceptors (Lipinski definition) is 3. The molecule has 108 valence electrons. The van der Waals surface area contributed by atoms with Gasteiger partial charge in [-0.3, -0.25) is 0 Å². The lowest BCUT2D eigenvalue weighted by Gasteiger charge is -2.09. The summed E-state index contributed by atoms with van der Waals surface area (Å²) in [4.78, 5) is 4.55. The summed E-state index contributed by atoms with van der Waals surface area (Å²) in [5, 5.41) is 9.89. The highest BCUT2D eigenvalue weighted by Gasteiger charge is 2.11. The minimum Gasteiger partial charge on any atom is -0.486 e. The van der Waals surface area contributed by atoms with Crippen LogP contribution in [0.1, 0.15) is 5.82 Å². The molecule has 1 heterocycles. The van der Waals surface area contributed by atoms with Crippen LogP contribution in [0.5, 0.6) is 5.75 Å². The third kappa shape index (κ3) is 3.01. The van der Waals surface area contributed by atoms with Gasteiger partial charge in [0.15, 0.2) is 0 Å². The molecule has 0 aliphatic carbocycles. The Morgan fingerprint density at radius 2 is 1.95 bits per heavy atom. The number of fused-ring (bicyclic) bond motifs is 1. The predicted molar refractivity (Wildman–Crippen MR) is 82.6 cm³/mol. The second-order valence-electron chi connectivity index (χ2n) is 4.64. The highest BCUT2D eigenvalue weighted by Crippen LogP contribution is 2.21. The van der Waals surface area contributed by atoms with Crippen LogP contribution in [-0.2, 0) is 13.2 Å². The molecule has 3 aromatic rings. The molecule has 2 aromatic carbocycles. The topological polar surface area (TPSA) is 47.3 Å². The van der Waals surface area contributed by atoms with Gasteiger partial charge in [-0.25, -0.2) is 4.98 Å². The number of hydrogen-bond donors (Lipinski definition) is 1. The zero-order valence-electron chi connectivity index (χ0n) is 11.4. The van der Waals surface area contributed by atoms with E-state index in [-0.39, 0.29) is 6.61 Å². The molecule has 0 aliphatic heterocycles. The van der Waals surface area contributed by atoms with Crippen LogP contribution in [0.25, 0.3) is 11.0 Å². The van der Waals surface area contributed by atoms with Crippen molar-refractivity contribution in [3.05, 3.63) is 59.4 Å². The third-order valence-corrected chi connectivity index (χ3v) is 3.46. The molecular formula is C16H15ClN2O2. The van der Waals surface area contributed by atoms with Gasteiger partial charge in [-0.1, -0.05) is 29.8 Å². The summed E-state index contributed by atoms with van der Waals surface area (Å²) in [7, 11) is 0. The number of aliphatic hydroxyl groups is 1. The minimum atomic E-state index is 0.0480. The van der Waals surface area contributed by atoms with E-state index in [2.05, 4.69) is 4.98 Å². The van der Waals surface area contributed by atoms with Crippen molar-refractivity contribution in [1.29, 1.82) is 0 Å². The fourth-order valence-corrected chi connectivity index (χ4v) is 2.44. The Bertz CT molecular complexity index is 741. The molecule has 0 atom stereocenters. The average Bonchev–Trinajstić information content (AvgIpc) is 2.84. The van der Waals surface area contributed by atoms with Gasteiger partial charge in [0, 0.05) is 11.6 Å². The van der Waals surface area contributed by atoms with Crippen molar-refractivity contribution in [2.75, 3.05) is 6.61 Å². The summed E-state index contributed by atoms with van der Waals surface area (Å²) in [6, 6.07) is 15.1. The van der Waals surface area contributed by atoms with Gasteiger partial charge < -0.3 is 14.4 Å². The van der Waals surface area contributed by atoms with Crippen molar-refractivity contribution in [2.24, 2.45) is 0 Å². The van der Waals surface area contributed by atoms with Crippen molar-refractivity contribution >= 4 is 22.6 Å². The molecule has 3 rings (SSSR count). The Hall–Kier alpha value is -2.04. The maximum Gasteiger partial charge on any atom is 0.148 e. The Morgan fingerprint density at radius 1 is 1.14 bits per heavy atom. The van der Waals surface area contributed by atoms with E-state index in [1.807, 2.05) is 53.1 Å². The van der Waals surface area contributed by atoms with Crippen molar-refractivity contribution in [2.45, 2.75) is 13.2 Å². The van der Waals surface area contributed by atoms with Crippen molar-refractivity contribution < 1.29 is 9.84 Å². The molecule has 0 fully saturated rings. The molecule has 5 heteroatoms. The number of benzene rings is 2. The van der Waals surface area contributed by atoms with Crippen LogP contribution in [0.4, 0.5) is 0 Å². The quantitative estimate of drug-likeness (QED) is 0.787. The van der Waals surface area contributed by atoms with Crippen molar-refractivity contribution in [3.8, 4) is 5.75 Å². The average molecular weight is 303 g/mol. The summed E-state index contributed by atoms with van der Waals surface area (Å²) in [6.07, 6.45) is 0. The molecule has 0 saturated heterocycles. The number of rotatable bonds is 5. The Balaban J connectivity index is 1.91. The number of aromatic nitrogens is 2. The van der Waals surface area contributed by atoms with Crippen LogP contribution >= 0.6 is 11.6 Å². The normalized spacial score (nSPS) is 11.0. The smallest absolute Gasteiger partial charge is 0.148 e. The lowest BCUT2D eigenvalue weighted by atomic mass is 10.3. The van der Waals surface area contributed by atoms with E-state index in [9.17, 15) is 5.11 Å². The van der Waals surface area contributed by atoms with Gasteiger partial charge in [0.25, 0.3) is 0 Å². The first-order valence-corrected chi connectivity index (χ1v) is 7.09. The number of aliphatic hydroxyl groups excluding tert-OH is 1. The summed E-state index contributed by atoms with van der Waals surface area (Å²) in [5.74, 6) is 1.56. The van der Waals surface area contributed by atoms with Gasteiger partial charge in [-0.05, 0) is 30.3 Å². The lowest BCUT2D eigenvalue weighted by Crippen LogP contribution is -2.09. The molecule has 0 saturated carbocycles. The van der Waals surface area contributed by atoms with E-state index < -0.39 is 0 Å². The first-order valence-electron chi connectivity index (χ1n) is 6.71. The molecule has 1 N–H and O–H groups in total. The maximum atomic E-state index is 9.25. The highest BCUT2D eigenvalue weighted by atomic mass is 35.5. The third-order valence-electron chi connectivity index (χ3n) is 3.22. The van der Waals surface area contributed by atoms with Gasteiger partial charge in [0.2, 0.25) is 0 Å². The van der Waals surface area contributed by atoms with E-state index in [0.29, 0.717) is 18.2 Å². The van der Waals surface area contributed by atoms with Crippen LogP contribution in [0.15, 0.2) is 48.5 Å². The Labute approximate surface area is 127 Å². The second-order valence-corrected chi connectivity index (χ2v) is 5.07. The van der Waals surface area contributed by atoms with E-state index >= 15 is 0 Å². The fraction of sp³-hybridized carbons (Fsp3) is 0.188. The van der Waals surface area contributed by atoms with Crippen molar-refractivity contribution in [3.63, 3.8) is 0 Å². The summed E-state index contributed by atoms with van der Waals surface area (Å²) >= 11 is 6.00. The van der Waals surface area contributed by atoms with E-state index in [0.717, 1.165) is 22.6 Å². The second kappa shape index (κ2) is 6.16. The van der Waals surface area contributed by atoms with Crippen molar-refractivity contribution in [1.82, 2.24) is 9.55 Å². The van der Waals surface area contributed by atoms with Gasteiger partial charge in [0.05, 0.1) is 17.6 Å². The minimum absolute atomic E-state index is 0.0480. The molecule has 0 unspecified atom stereocenters. The van der Waals surface area contributed by atoms with Crippen LogP contribution < -0.4 is 4.74 Å².